The third-order valence-corrected chi connectivity index (χ3v) is 5.87. The molecule has 0 aliphatic carbocycles. The van der Waals surface area contributed by atoms with Gasteiger partial charge in [0.15, 0.2) is 0 Å². The molecule has 3 rings (SSSR count). The lowest BCUT2D eigenvalue weighted by Gasteiger charge is -2.37. The number of aryl methyl sites for hydroxylation is 2. The zero-order chi connectivity index (χ0) is 18.9. The molecule has 150 valence electrons. The quantitative estimate of drug-likeness (QED) is 0.672. The van der Waals surface area contributed by atoms with Gasteiger partial charge in [0.05, 0.1) is 12.2 Å². The van der Waals surface area contributed by atoms with Gasteiger partial charge in [-0.3, -0.25) is 9.48 Å². The lowest BCUT2D eigenvalue weighted by molar-refractivity contribution is -0.136. The first-order valence-corrected chi connectivity index (χ1v) is 9.77. The fourth-order valence-corrected chi connectivity index (χ4v) is 4.21. The molecule has 2 N–H and O–H groups in total. The van der Waals surface area contributed by atoms with Gasteiger partial charge in [-0.05, 0) is 6.92 Å². The Balaban J connectivity index is 0.00000261. The minimum atomic E-state index is -3.82. The van der Waals surface area contributed by atoms with E-state index < -0.39 is 16.1 Å². The van der Waals surface area contributed by atoms with E-state index in [0.29, 0.717) is 19.6 Å². The van der Waals surface area contributed by atoms with Gasteiger partial charge in [0, 0.05) is 52.3 Å². The summed E-state index contributed by atoms with van der Waals surface area (Å²) in [5, 5.41) is 7.12. The number of hydrogen-bond acceptors (Lipinski definition) is 6. The molecule has 2 aromatic rings. The number of rotatable bonds is 5. The van der Waals surface area contributed by atoms with Gasteiger partial charge >= 0.3 is 0 Å². The van der Waals surface area contributed by atoms with Crippen LogP contribution in [0.5, 0.6) is 0 Å². The van der Waals surface area contributed by atoms with Gasteiger partial charge in [-0.15, -0.1) is 12.4 Å². The van der Waals surface area contributed by atoms with E-state index in [-0.39, 0.29) is 29.3 Å². The second-order valence-corrected chi connectivity index (χ2v) is 8.05. The van der Waals surface area contributed by atoms with E-state index in [1.807, 2.05) is 17.8 Å². The molecule has 1 aliphatic heterocycles. The average molecular weight is 418 g/mol. The molecule has 12 heteroatoms. The van der Waals surface area contributed by atoms with Crippen molar-refractivity contribution < 1.29 is 13.2 Å². The number of aromatic nitrogens is 4. The van der Waals surface area contributed by atoms with Gasteiger partial charge in [0.2, 0.25) is 15.9 Å². The summed E-state index contributed by atoms with van der Waals surface area (Å²) < 4.78 is 30.6. The first-order valence-electron chi connectivity index (χ1n) is 8.29. The Morgan fingerprint density at radius 2 is 2.15 bits per heavy atom. The molecule has 3 heterocycles. The van der Waals surface area contributed by atoms with Crippen molar-refractivity contribution >= 4 is 28.3 Å². The fourth-order valence-electron chi connectivity index (χ4n) is 3.03. The minimum absolute atomic E-state index is 0. The van der Waals surface area contributed by atoms with E-state index in [0.717, 1.165) is 5.82 Å². The maximum absolute atomic E-state index is 12.9. The summed E-state index contributed by atoms with van der Waals surface area (Å²) in [7, 11) is -0.319. The number of nitrogens with one attached hydrogen (secondary N) is 2. The van der Waals surface area contributed by atoms with E-state index in [4.69, 9.17) is 0 Å². The smallest absolute Gasteiger partial charge is 0.244 e. The normalized spacial score (nSPS) is 18.8. The molecule has 2 aromatic heterocycles. The van der Waals surface area contributed by atoms with Crippen molar-refractivity contribution in [1.29, 1.82) is 0 Å². The maximum Gasteiger partial charge on any atom is 0.244 e. The van der Waals surface area contributed by atoms with E-state index in [2.05, 4.69) is 20.1 Å². The Morgan fingerprint density at radius 3 is 2.74 bits per heavy atom. The Morgan fingerprint density at radius 1 is 1.41 bits per heavy atom. The number of halogens is 1. The van der Waals surface area contributed by atoms with Gasteiger partial charge in [0.1, 0.15) is 16.8 Å². The highest BCUT2D eigenvalue weighted by molar-refractivity contribution is 7.89. The lowest BCUT2D eigenvalue weighted by Crippen LogP contribution is -2.54. The van der Waals surface area contributed by atoms with Crippen molar-refractivity contribution in [2.45, 2.75) is 23.9 Å². The molecule has 1 amide bonds. The third kappa shape index (κ3) is 4.49. The minimum Gasteiger partial charge on any atom is -0.336 e. The van der Waals surface area contributed by atoms with Gasteiger partial charge in [-0.25, -0.2) is 13.4 Å². The second kappa shape index (κ2) is 8.38. The van der Waals surface area contributed by atoms with Crippen LogP contribution in [0.2, 0.25) is 0 Å². The van der Waals surface area contributed by atoms with Crippen molar-refractivity contribution in [3.05, 3.63) is 30.6 Å². The van der Waals surface area contributed by atoms with E-state index in [1.54, 1.807) is 25.1 Å². The highest BCUT2D eigenvalue weighted by atomic mass is 35.5. The Hall–Kier alpha value is -1.95. The number of imidazole rings is 1. The van der Waals surface area contributed by atoms with Crippen LogP contribution in [-0.4, -0.2) is 64.2 Å². The van der Waals surface area contributed by atoms with Crippen LogP contribution in [0, 0.1) is 0 Å². The summed E-state index contributed by atoms with van der Waals surface area (Å²) in [6, 6.07) is -1.15. The Kier molecular flexibility index (Phi) is 6.63. The van der Waals surface area contributed by atoms with Crippen LogP contribution in [0.4, 0.5) is 0 Å². The molecular weight excluding hydrogens is 394 g/mol. The molecule has 0 aromatic carbocycles. The number of nitrogens with zero attached hydrogens (tertiary/aromatic N) is 5. The standard InChI is InChI=1S/C15H23N7O3S.ClH/c1-11(19-26(24,25)12-8-18-21(3)10-12)15(23)22-7-4-16-9-13(22)14-17-5-6-20(14)2;/h5-6,8,10-11,13,16,19H,4,7,9H2,1-3H3;1H. The monoisotopic (exact) mass is 417 g/mol. The predicted octanol–water partition coefficient (Wildman–Crippen LogP) is -0.585. The number of piperazine rings is 1. The number of carbonyl (C=O) groups excluding carboxylic acids is 1. The molecule has 0 spiro atoms. The molecule has 1 aliphatic rings. The number of sulfonamides is 1. The van der Waals surface area contributed by atoms with Crippen molar-refractivity contribution in [2.24, 2.45) is 14.1 Å². The third-order valence-electron chi connectivity index (χ3n) is 4.38. The average Bonchev–Trinajstić information content (AvgIpc) is 3.22. The van der Waals surface area contributed by atoms with Crippen LogP contribution in [-0.2, 0) is 28.9 Å². The molecule has 27 heavy (non-hydrogen) atoms. The van der Waals surface area contributed by atoms with Crippen LogP contribution in [0.3, 0.4) is 0 Å². The zero-order valence-electron chi connectivity index (χ0n) is 15.4. The van der Waals surface area contributed by atoms with Gasteiger partial charge < -0.3 is 14.8 Å². The Bertz CT molecular complexity index is 895. The molecule has 0 radical (unpaired) electrons. The summed E-state index contributed by atoms with van der Waals surface area (Å²) in [5.74, 6) is 0.472. The van der Waals surface area contributed by atoms with E-state index in [1.165, 1.54) is 17.1 Å². The van der Waals surface area contributed by atoms with Crippen molar-refractivity contribution in [2.75, 3.05) is 19.6 Å². The summed E-state index contributed by atoms with van der Waals surface area (Å²) >= 11 is 0. The van der Waals surface area contributed by atoms with Gasteiger partial charge in [-0.2, -0.15) is 9.82 Å². The highest BCUT2D eigenvalue weighted by Gasteiger charge is 2.34. The first-order chi connectivity index (χ1) is 12.3. The van der Waals surface area contributed by atoms with Crippen LogP contribution in [0.25, 0.3) is 0 Å². The number of hydrogen-bond donors (Lipinski definition) is 2. The fraction of sp³-hybridized carbons (Fsp3) is 0.533. The second-order valence-electron chi connectivity index (χ2n) is 6.34. The molecular formula is C15H24ClN7O3S. The number of carbonyl (C=O) groups is 1. The molecule has 0 bridgehead atoms. The van der Waals surface area contributed by atoms with E-state index >= 15 is 0 Å². The van der Waals surface area contributed by atoms with Gasteiger partial charge in [-0.1, -0.05) is 0 Å². The van der Waals surface area contributed by atoms with Crippen LogP contribution in [0.15, 0.2) is 29.7 Å². The van der Waals surface area contributed by atoms with Crippen molar-refractivity contribution in [1.82, 2.24) is 34.3 Å². The van der Waals surface area contributed by atoms with E-state index in [9.17, 15) is 13.2 Å². The maximum atomic E-state index is 12.9. The van der Waals surface area contributed by atoms with Crippen LogP contribution in [0.1, 0.15) is 18.8 Å². The molecule has 10 nitrogen and oxygen atoms in total. The highest BCUT2D eigenvalue weighted by Crippen LogP contribution is 2.21. The van der Waals surface area contributed by atoms with Crippen LogP contribution < -0.4 is 10.0 Å². The summed E-state index contributed by atoms with van der Waals surface area (Å²) in [4.78, 5) is 19.0. The summed E-state index contributed by atoms with van der Waals surface area (Å²) in [5.41, 5.74) is 0. The zero-order valence-corrected chi connectivity index (χ0v) is 17.0. The Labute approximate surface area is 164 Å². The SMILES string of the molecule is CC(NS(=O)(=O)c1cnn(C)c1)C(=O)N1CCNCC1c1nccn1C.Cl. The molecule has 1 saturated heterocycles. The summed E-state index contributed by atoms with van der Waals surface area (Å²) in [6.07, 6.45) is 6.14. The lowest BCUT2D eigenvalue weighted by atomic mass is 10.1. The molecule has 1 fully saturated rings. The van der Waals surface area contributed by atoms with Crippen molar-refractivity contribution in [3.8, 4) is 0 Å². The molecule has 2 atom stereocenters. The molecule has 2 unspecified atom stereocenters. The first kappa shape index (κ1) is 21.4. The predicted molar refractivity (Wildman–Crippen MR) is 101 cm³/mol. The van der Waals surface area contributed by atoms with Gasteiger partial charge in [0.25, 0.3) is 0 Å². The molecule has 0 saturated carbocycles. The summed E-state index contributed by atoms with van der Waals surface area (Å²) in [6.45, 7) is 3.25. The topological polar surface area (TPSA) is 114 Å². The van der Waals surface area contributed by atoms with Crippen molar-refractivity contribution in [3.63, 3.8) is 0 Å². The number of amides is 1. The van der Waals surface area contributed by atoms with Crippen LogP contribution >= 0.6 is 12.4 Å². The largest absolute Gasteiger partial charge is 0.336 e.